The fourth-order valence-corrected chi connectivity index (χ4v) is 1.11. The molecule has 5 nitrogen and oxygen atoms in total. The highest BCUT2D eigenvalue weighted by Crippen LogP contribution is 1.98. The molecule has 0 aromatic rings. The van der Waals surface area contributed by atoms with Gasteiger partial charge in [-0.1, -0.05) is 0 Å². The molecule has 0 radical (unpaired) electrons. The van der Waals surface area contributed by atoms with Crippen LogP contribution in [0.15, 0.2) is 0 Å². The highest BCUT2D eigenvalue weighted by molar-refractivity contribution is 5.76. The molecule has 0 fully saturated rings. The smallest absolute Gasteiger partial charge is 0.303 e. The van der Waals surface area contributed by atoms with Crippen LogP contribution in [0.25, 0.3) is 0 Å². The van der Waals surface area contributed by atoms with E-state index in [1.165, 1.54) is 11.9 Å². The third-order valence-corrected chi connectivity index (χ3v) is 2.01. The first-order valence-corrected chi connectivity index (χ1v) is 5.25. The lowest BCUT2D eigenvalue weighted by Crippen LogP contribution is -2.29. The van der Waals surface area contributed by atoms with Crippen molar-refractivity contribution < 1.29 is 28.2 Å². The van der Waals surface area contributed by atoms with Gasteiger partial charge >= 0.3 is 5.97 Å². The summed E-state index contributed by atoms with van der Waals surface area (Å²) in [6, 6.07) is 0. The lowest BCUT2D eigenvalue weighted by atomic mass is 10.3. The summed E-state index contributed by atoms with van der Waals surface area (Å²) >= 11 is 0. The number of halogens is 2. The fraction of sp³-hybridized carbons (Fsp3) is 0.800. The molecule has 7 heteroatoms. The molecule has 0 atom stereocenters. The molecule has 0 rings (SSSR count). The molecule has 0 bridgehead atoms. The molecule has 0 aromatic heterocycles. The van der Waals surface area contributed by atoms with Gasteiger partial charge in [0.05, 0.1) is 13.0 Å². The maximum absolute atomic E-state index is 11.7. The van der Waals surface area contributed by atoms with Crippen LogP contribution < -0.4 is 0 Å². The molecule has 17 heavy (non-hydrogen) atoms. The summed E-state index contributed by atoms with van der Waals surface area (Å²) < 4.78 is 27.9. The summed E-state index contributed by atoms with van der Waals surface area (Å²) in [5.74, 6) is -1.16. The number of hydrogen-bond donors (Lipinski definition) is 1. The van der Waals surface area contributed by atoms with Gasteiger partial charge in [0.1, 0.15) is 6.61 Å². The minimum Gasteiger partial charge on any atom is -0.481 e. The Morgan fingerprint density at radius 1 is 1.35 bits per heavy atom. The Hall–Kier alpha value is -1.24. The normalized spacial score (nSPS) is 10.6. The van der Waals surface area contributed by atoms with Gasteiger partial charge in [0.25, 0.3) is 6.43 Å². The quantitative estimate of drug-likeness (QED) is 0.622. The van der Waals surface area contributed by atoms with Gasteiger partial charge in [-0.25, -0.2) is 8.78 Å². The van der Waals surface area contributed by atoms with Crippen LogP contribution in [0.3, 0.4) is 0 Å². The van der Waals surface area contributed by atoms with Crippen molar-refractivity contribution in [2.75, 3.05) is 26.8 Å². The van der Waals surface area contributed by atoms with Crippen LogP contribution in [-0.2, 0) is 14.3 Å². The summed E-state index contributed by atoms with van der Waals surface area (Å²) in [7, 11) is 1.54. The van der Waals surface area contributed by atoms with Crippen LogP contribution in [0.1, 0.15) is 19.3 Å². The molecule has 100 valence electrons. The van der Waals surface area contributed by atoms with Gasteiger partial charge in [0.15, 0.2) is 0 Å². The third-order valence-electron chi connectivity index (χ3n) is 2.01. The number of carbonyl (C=O) groups is 2. The standard InChI is InChI=1S/C10H17F2NO4/c1-13(5-2-3-10(15)16)9(14)4-6-17-7-8(11)12/h8H,2-7H2,1H3,(H,15,16). The number of alkyl halides is 2. The van der Waals surface area contributed by atoms with Gasteiger partial charge in [-0.15, -0.1) is 0 Å². The molecular weight excluding hydrogens is 236 g/mol. The maximum atomic E-state index is 11.7. The van der Waals surface area contributed by atoms with E-state index in [0.29, 0.717) is 13.0 Å². The number of carboxylic acid groups (broad SMARTS) is 1. The van der Waals surface area contributed by atoms with Crippen LogP contribution in [0.5, 0.6) is 0 Å². The van der Waals surface area contributed by atoms with Crippen LogP contribution >= 0.6 is 0 Å². The topological polar surface area (TPSA) is 66.8 Å². The second-order valence-electron chi connectivity index (χ2n) is 3.53. The summed E-state index contributed by atoms with van der Waals surface area (Å²) in [5, 5.41) is 8.40. The zero-order valence-corrected chi connectivity index (χ0v) is 9.70. The Labute approximate surface area is 98.3 Å². The highest BCUT2D eigenvalue weighted by atomic mass is 19.3. The van der Waals surface area contributed by atoms with Crippen molar-refractivity contribution in [1.29, 1.82) is 0 Å². The molecule has 0 aliphatic rings. The SMILES string of the molecule is CN(CCCC(=O)O)C(=O)CCOCC(F)F. The molecule has 1 N–H and O–H groups in total. The Morgan fingerprint density at radius 2 is 2.00 bits per heavy atom. The molecule has 0 aromatic carbocycles. The molecule has 1 amide bonds. The van der Waals surface area contributed by atoms with E-state index in [2.05, 4.69) is 4.74 Å². The summed E-state index contributed by atoms with van der Waals surface area (Å²) in [5.41, 5.74) is 0. The van der Waals surface area contributed by atoms with E-state index in [1.807, 2.05) is 0 Å². The molecule has 0 spiro atoms. The second kappa shape index (κ2) is 8.86. The fourth-order valence-electron chi connectivity index (χ4n) is 1.11. The van der Waals surface area contributed by atoms with E-state index in [9.17, 15) is 18.4 Å². The number of hydrogen-bond acceptors (Lipinski definition) is 3. The molecule has 0 aliphatic carbocycles. The highest BCUT2D eigenvalue weighted by Gasteiger charge is 2.09. The Bertz CT molecular complexity index is 248. The molecule has 0 saturated carbocycles. The lowest BCUT2D eigenvalue weighted by molar-refractivity contribution is -0.138. The van der Waals surface area contributed by atoms with E-state index in [-0.39, 0.29) is 25.4 Å². The minimum absolute atomic E-state index is 0.000494. The molecule has 0 heterocycles. The average Bonchev–Trinajstić information content (AvgIpc) is 2.23. The number of carbonyl (C=O) groups excluding carboxylic acids is 1. The van der Waals surface area contributed by atoms with Gasteiger partial charge in [-0.05, 0) is 6.42 Å². The van der Waals surface area contributed by atoms with Crippen molar-refractivity contribution in [2.45, 2.75) is 25.7 Å². The zero-order chi connectivity index (χ0) is 13.3. The van der Waals surface area contributed by atoms with E-state index in [4.69, 9.17) is 5.11 Å². The Balaban J connectivity index is 3.57. The van der Waals surface area contributed by atoms with Crippen molar-refractivity contribution >= 4 is 11.9 Å². The van der Waals surface area contributed by atoms with Gasteiger partial charge in [-0.2, -0.15) is 0 Å². The number of rotatable bonds is 9. The maximum Gasteiger partial charge on any atom is 0.303 e. The van der Waals surface area contributed by atoms with Crippen LogP contribution in [0.4, 0.5) is 8.78 Å². The first kappa shape index (κ1) is 15.8. The number of nitrogens with zero attached hydrogens (tertiary/aromatic N) is 1. The van der Waals surface area contributed by atoms with Crippen molar-refractivity contribution in [3.05, 3.63) is 0 Å². The first-order chi connectivity index (χ1) is 7.93. The predicted molar refractivity (Wildman–Crippen MR) is 55.9 cm³/mol. The van der Waals surface area contributed by atoms with Crippen molar-refractivity contribution in [3.63, 3.8) is 0 Å². The van der Waals surface area contributed by atoms with E-state index < -0.39 is 19.0 Å². The van der Waals surface area contributed by atoms with Gasteiger partial charge < -0.3 is 14.7 Å². The van der Waals surface area contributed by atoms with E-state index in [1.54, 1.807) is 0 Å². The molecule has 0 aliphatic heterocycles. The Morgan fingerprint density at radius 3 is 2.53 bits per heavy atom. The van der Waals surface area contributed by atoms with Gasteiger partial charge in [0, 0.05) is 20.0 Å². The van der Waals surface area contributed by atoms with Gasteiger partial charge in [-0.3, -0.25) is 9.59 Å². The van der Waals surface area contributed by atoms with Gasteiger partial charge in [0.2, 0.25) is 5.91 Å². The zero-order valence-electron chi connectivity index (χ0n) is 9.70. The minimum atomic E-state index is -2.53. The van der Waals surface area contributed by atoms with Crippen molar-refractivity contribution in [3.8, 4) is 0 Å². The number of carboxylic acids is 1. The molecular formula is C10H17F2NO4. The average molecular weight is 253 g/mol. The van der Waals surface area contributed by atoms with Crippen molar-refractivity contribution in [2.24, 2.45) is 0 Å². The Kier molecular flexibility index (Phi) is 8.21. The van der Waals surface area contributed by atoms with Crippen LogP contribution in [0.2, 0.25) is 0 Å². The first-order valence-electron chi connectivity index (χ1n) is 5.25. The number of amides is 1. The van der Waals surface area contributed by atoms with E-state index >= 15 is 0 Å². The number of aliphatic carboxylic acids is 1. The van der Waals surface area contributed by atoms with Crippen LogP contribution in [-0.4, -0.2) is 55.1 Å². The van der Waals surface area contributed by atoms with E-state index in [0.717, 1.165) is 0 Å². The number of ether oxygens (including phenoxy) is 1. The largest absolute Gasteiger partial charge is 0.481 e. The van der Waals surface area contributed by atoms with Crippen molar-refractivity contribution in [1.82, 2.24) is 4.90 Å². The molecule has 0 unspecified atom stereocenters. The van der Waals surface area contributed by atoms with Crippen LogP contribution in [0, 0.1) is 0 Å². The summed E-state index contributed by atoms with van der Waals surface area (Å²) in [4.78, 5) is 23.0. The summed E-state index contributed by atoms with van der Waals surface area (Å²) in [6.45, 7) is -0.386. The molecule has 0 saturated heterocycles. The predicted octanol–water partition coefficient (Wildman–Crippen LogP) is 0.981. The second-order valence-corrected chi connectivity index (χ2v) is 3.53. The summed E-state index contributed by atoms with van der Waals surface area (Å²) in [6.07, 6.45) is -2.14. The lowest BCUT2D eigenvalue weighted by Gasteiger charge is -2.16. The monoisotopic (exact) mass is 253 g/mol. The third kappa shape index (κ3) is 9.68.